The molecular formula is C20H20N4O3S. The van der Waals surface area contributed by atoms with E-state index in [2.05, 4.69) is 11.0 Å². The lowest BCUT2D eigenvalue weighted by atomic mass is 10.1. The molecule has 3 aromatic rings. The number of benzene rings is 3. The minimum atomic E-state index is -4.45. The van der Waals surface area contributed by atoms with E-state index in [1.54, 1.807) is 17.3 Å². The van der Waals surface area contributed by atoms with Crippen molar-refractivity contribution in [3.05, 3.63) is 96.6 Å². The maximum Gasteiger partial charge on any atom is 0.289 e. The van der Waals surface area contributed by atoms with Crippen LogP contribution in [0.15, 0.2) is 91.0 Å². The van der Waals surface area contributed by atoms with Crippen LogP contribution in [0.4, 0.5) is 11.4 Å². The van der Waals surface area contributed by atoms with Gasteiger partial charge < -0.3 is 0 Å². The van der Waals surface area contributed by atoms with E-state index in [1.807, 2.05) is 78.9 Å². The van der Waals surface area contributed by atoms with Gasteiger partial charge in [-0.3, -0.25) is 9.56 Å². The molecule has 0 spiro atoms. The van der Waals surface area contributed by atoms with Crippen LogP contribution in [0.25, 0.3) is 0 Å². The Morgan fingerprint density at radius 3 is 1.79 bits per heavy atom. The molecule has 0 aromatic heterocycles. The maximum atomic E-state index is 12.4. The van der Waals surface area contributed by atoms with E-state index in [-0.39, 0.29) is 0 Å². The summed E-state index contributed by atoms with van der Waals surface area (Å²) in [6.07, 6.45) is 0. The first-order chi connectivity index (χ1) is 13.5. The Bertz CT molecular complexity index is 968. The third-order valence-electron chi connectivity index (χ3n) is 4.53. The average Bonchev–Trinajstić information content (AvgIpc) is 2.74. The predicted octanol–water partition coefficient (Wildman–Crippen LogP) is 2.89. The molecule has 2 unspecified atom stereocenters. The molecule has 1 saturated heterocycles. The van der Waals surface area contributed by atoms with E-state index >= 15 is 0 Å². The molecule has 1 aliphatic heterocycles. The molecule has 0 aliphatic carbocycles. The van der Waals surface area contributed by atoms with E-state index in [9.17, 15) is 13.0 Å². The van der Waals surface area contributed by atoms with Crippen LogP contribution in [0.1, 0.15) is 11.6 Å². The predicted molar refractivity (Wildman–Crippen MR) is 109 cm³/mol. The van der Waals surface area contributed by atoms with Crippen LogP contribution in [0.5, 0.6) is 0 Å². The van der Waals surface area contributed by atoms with E-state index in [1.165, 1.54) is 5.01 Å². The van der Waals surface area contributed by atoms with Crippen molar-refractivity contribution >= 4 is 21.5 Å². The highest BCUT2D eigenvalue weighted by Gasteiger charge is 2.44. The zero-order chi connectivity index (χ0) is 19.6. The van der Waals surface area contributed by atoms with Crippen molar-refractivity contribution in [2.45, 2.75) is 11.4 Å². The fraction of sp³-hybridized carbons (Fsp3) is 0.100. The summed E-state index contributed by atoms with van der Waals surface area (Å²) in [7, 11) is -4.45. The van der Waals surface area contributed by atoms with Crippen molar-refractivity contribution in [1.82, 2.24) is 11.0 Å². The number of nitrogens with zero attached hydrogens (tertiary/aromatic N) is 2. The van der Waals surface area contributed by atoms with Crippen molar-refractivity contribution in [2.24, 2.45) is 0 Å². The lowest BCUT2D eigenvalue weighted by Crippen LogP contribution is -2.70. The van der Waals surface area contributed by atoms with Gasteiger partial charge in [-0.25, -0.2) is 10.5 Å². The second-order valence-electron chi connectivity index (χ2n) is 6.40. The van der Waals surface area contributed by atoms with Gasteiger partial charge in [-0.1, -0.05) is 66.7 Å². The molecule has 1 aliphatic rings. The Morgan fingerprint density at radius 2 is 1.25 bits per heavy atom. The molecule has 0 saturated carbocycles. The average molecular weight is 396 g/mol. The molecule has 3 aromatic carbocycles. The Kier molecular flexibility index (Phi) is 5.01. The quantitative estimate of drug-likeness (QED) is 0.585. The smallest absolute Gasteiger partial charge is 0.284 e. The molecule has 8 heteroatoms. The largest absolute Gasteiger partial charge is 0.289 e. The standard InChI is InChI=1S/C20H20N4O3S/c25-28(26,27)20-19(16-10-4-1-5-11-16)21-24(18-14-8-3-9-15-18)22-23(20)17-12-6-2-7-13-17/h1-15,19-22H,(H,25,26,27). The molecule has 1 fully saturated rings. The summed E-state index contributed by atoms with van der Waals surface area (Å²) in [6, 6.07) is 26.9. The van der Waals surface area contributed by atoms with Gasteiger partial charge in [0.25, 0.3) is 10.1 Å². The molecule has 1 heterocycles. The van der Waals surface area contributed by atoms with Gasteiger partial charge in [-0.15, -0.1) is 5.53 Å². The third kappa shape index (κ3) is 3.71. The number of hydrogen-bond donors (Lipinski definition) is 3. The monoisotopic (exact) mass is 396 g/mol. The van der Waals surface area contributed by atoms with Gasteiger partial charge in [0, 0.05) is 0 Å². The first kappa shape index (κ1) is 18.5. The van der Waals surface area contributed by atoms with Crippen molar-refractivity contribution in [3.8, 4) is 0 Å². The van der Waals surface area contributed by atoms with E-state index in [0.29, 0.717) is 5.69 Å². The molecule has 28 heavy (non-hydrogen) atoms. The zero-order valence-electron chi connectivity index (χ0n) is 14.9. The second kappa shape index (κ2) is 7.61. The Labute approximate surface area is 163 Å². The van der Waals surface area contributed by atoms with Crippen LogP contribution in [0.2, 0.25) is 0 Å². The first-order valence-electron chi connectivity index (χ1n) is 8.77. The summed E-state index contributed by atoms with van der Waals surface area (Å²) in [6.45, 7) is 0. The Hall–Kier alpha value is -2.91. The topological polar surface area (TPSA) is 84.9 Å². The molecule has 144 valence electrons. The highest BCUT2D eigenvalue weighted by molar-refractivity contribution is 7.86. The molecule has 4 rings (SSSR count). The molecule has 0 bridgehead atoms. The van der Waals surface area contributed by atoms with Crippen LogP contribution in [0, 0.1) is 0 Å². The van der Waals surface area contributed by atoms with Gasteiger partial charge in [0.05, 0.1) is 17.4 Å². The highest BCUT2D eigenvalue weighted by Crippen LogP contribution is 2.32. The number of nitrogens with one attached hydrogen (secondary N) is 2. The van der Waals surface area contributed by atoms with Gasteiger partial charge in [0.2, 0.25) is 0 Å². The summed E-state index contributed by atoms with van der Waals surface area (Å²) < 4.78 is 34.9. The third-order valence-corrected chi connectivity index (χ3v) is 5.62. The van der Waals surface area contributed by atoms with Crippen LogP contribution in [0.3, 0.4) is 0 Å². The highest BCUT2D eigenvalue weighted by atomic mass is 32.2. The molecular weight excluding hydrogens is 376 g/mol. The first-order valence-corrected chi connectivity index (χ1v) is 10.3. The molecule has 3 N–H and O–H groups in total. The number of rotatable bonds is 4. The number of para-hydroxylation sites is 2. The summed E-state index contributed by atoms with van der Waals surface area (Å²) >= 11 is 0. The minimum absolute atomic E-state index is 0.605. The number of anilines is 2. The molecule has 2 atom stereocenters. The fourth-order valence-corrected chi connectivity index (χ4v) is 4.25. The van der Waals surface area contributed by atoms with Crippen LogP contribution in [-0.4, -0.2) is 18.3 Å². The van der Waals surface area contributed by atoms with E-state index < -0.39 is 21.5 Å². The van der Waals surface area contributed by atoms with Crippen molar-refractivity contribution in [2.75, 3.05) is 10.1 Å². The van der Waals surface area contributed by atoms with Crippen molar-refractivity contribution in [3.63, 3.8) is 0 Å². The van der Waals surface area contributed by atoms with E-state index in [0.717, 1.165) is 11.3 Å². The normalized spacial score (nSPS) is 20.2. The van der Waals surface area contributed by atoms with Gasteiger partial charge in [-0.05, 0) is 29.8 Å². The SMILES string of the molecule is O=S(=O)(O)C1C(c2ccccc2)NN(c2ccccc2)NN1c1ccccc1. The lowest BCUT2D eigenvalue weighted by Gasteiger charge is -2.47. The van der Waals surface area contributed by atoms with Crippen LogP contribution >= 0.6 is 0 Å². The molecule has 0 amide bonds. The fourth-order valence-electron chi connectivity index (χ4n) is 3.25. The Morgan fingerprint density at radius 1 is 0.750 bits per heavy atom. The van der Waals surface area contributed by atoms with Crippen molar-refractivity contribution < 1.29 is 13.0 Å². The van der Waals surface area contributed by atoms with Crippen LogP contribution in [-0.2, 0) is 10.1 Å². The maximum absolute atomic E-state index is 12.4. The molecule has 0 radical (unpaired) electrons. The zero-order valence-corrected chi connectivity index (χ0v) is 15.7. The van der Waals surface area contributed by atoms with Gasteiger partial charge >= 0.3 is 0 Å². The van der Waals surface area contributed by atoms with Crippen molar-refractivity contribution in [1.29, 1.82) is 0 Å². The van der Waals surface area contributed by atoms with Crippen LogP contribution < -0.4 is 21.1 Å². The van der Waals surface area contributed by atoms with E-state index in [4.69, 9.17) is 0 Å². The summed E-state index contributed by atoms with van der Waals surface area (Å²) in [5.41, 5.74) is 8.37. The second-order valence-corrected chi connectivity index (χ2v) is 7.91. The minimum Gasteiger partial charge on any atom is -0.284 e. The molecule has 7 nitrogen and oxygen atoms in total. The Balaban J connectivity index is 1.84. The lowest BCUT2D eigenvalue weighted by molar-refractivity contribution is 0.321. The van der Waals surface area contributed by atoms with Gasteiger partial charge in [0.1, 0.15) is 0 Å². The number of hydrogen-bond acceptors (Lipinski definition) is 6. The summed E-state index contributed by atoms with van der Waals surface area (Å²) in [5.74, 6) is 0. The summed E-state index contributed by atoms with van der Waals surface area (Å²) in [5, 5.41) is 1.82. The number of hydrazine groups is 3. The van der Waals surface area contributed by atoms with Gasteiger partial charge in [0.15, 0.2) is 5.37 Å². The van der Waals surface area contributed by atoms with Gasteiger partial charge in [-0.2, -0.15) is 8.42 Å². The summed E-state index contributed by atoms with van der Waals surface area (Å²) in [4.78, 5) is 0.